The molecule has 0 N–H and O–H groups in total. The molecule has 160 valence electrons. The molecule has 0 saturated heterocycles. The van der Waals surface area contributed by atoms with E-state index in [0.717, 1.165) is 21.9 Å². The van der Waals surface area contributed by atoms with Crippen molar-refractivity contribution in [3.8, 4) is 11.5 Å². The number of oxazole rings is 1. The van der Waals surface area contributed by atoms with E-state index in [4.69, 9.17) is 21.0 Å². The Morgan fingerprint density at radius 3 is 2.78 bits per heavy atom. The minimum atomic E-state index is -0.0389. The molecule has 5 nitrogen and oxygen atoms in total. The van der Waals surface area contributed by atoms with Crippen LogP contribution in [0.25, 0.3) is 22.4 Å². The van der Waals surface area contributed by atoms with Crippen LogP contribution in [0.1, 0.15) is 16.3 Å². The van der Waals surface area contributed by atoms with Gasteiger partial charge in [0.2, 0.25) is 5.89 Å². The number of aryl methyl sites for hydroxylation is 1. The van der Waals surface area contributed by atoms with Gasteiger partial charge in [0.25, 0.3) is 5.56 Å². The van der Waals surface area contributed by atoms with Crippen molar-refractivity contribution in [3.63, 3.8) is 0 Å². The van der Waals surface area contributed by atoms with Gasteiger partial charge in [0.15, 0.2) is 5.16 Å². The lowest BCUT2D eigenvalue weighted by molar-refractivity contribution is 0.540. The van der Waals surface area contributed by atoms with Crippen LogP contribution < -0.4 is 5.56 Å². The standard InChI is InChI=1S/C24H18ClN3O2S2/c1-15-21(26-22(30-15)16-6-4-7-17(25)12-16)14-32-24-27-20-10-3-2-9-19(20)23(29)28(24)13-18-8-5-11-31-18/h2-12H,13-14H2,1H3. The summed E-state index contributed by atoms with van der Waals surface area (Å²) in [5.74, 6) is 1.80. The van der Waals surface area contributed by atoms with Crippen LogP contribution in [-0.4, -0.2) is 14.5 Å². The summed E-state index contributed by atoms with van der Waals surface area (Å²) in [5.41, 5.74) is 2.30. The van der Waals surface area contributed by atoms with Crippen LogP contribution in [0.2, 0.25) is 5.02 Å². The summed E-state index contributed by atoms with van der Waals surface area (Å²) in [6.45, 7) is 2.38. The molecule has 5 rings (SSSR count). The van der Waals surface area contributed by atoms with Gasteiger partial charge in [0, 0.05) is 21.2 Å². The summed E-state index contributed by atoms with van der Waals surface area (Å²) in [6, 6.07) is 18.9. The molecule has 0 unspecified atom stereocenters. The minimum Gasteiger partial charge on any atom is -0.441 e. The highest BCUT2D eigenvalue weighted by Crippen LogP contribution is 2.29. The number of benzene rings is 2. The normalized spacial score (nSPS) is 11.3. The third kappa shape index (κ3) is 4.24. The second-order valence-electron chi connectivity index (χ2n) is 7.20. The second-order valence-corrected chi connectivity index (χ2v) is 9.61. The van der Waals surface area contributed by atoms with Crippen molar-refractivity contribution in [2.75, 3.05) is 0 Å². The van der Waals surface area contributed by atoms with Crippen molar-refractivity contribution in [1.29, 1.82) is 0 Å². The van der Waals surface area contributed by atoms with Crippen LogP contribution in [-0.2, 0) is 12.3 Å². The van der Waals surface area contributed by atoms with Gasteiger partial charge in [-0.05, 0) is 48.7 Å². The van der Waals surface area contributed by atoms with Gasteiger partial charge < -0.3 is 4.42 Å². The molecule has 0 aliphatic heterocycles. The highest BCUT2D eigenvalue weighted by Gasteiger charge is 2.16. The van der Waals surface area contributed by atoms with Crippen molar-refractivity contribution >= 4 is 45.6 Å². The molecule has 0 fully saturated rings. The van der Waals surface area contributed by atoms with Crippen LogP contribution in [0.5, 0.6) is 0 Å². The molecule has 3 heterocycles. The first-order chi connectivity index (χ1) is 15.6. The average molecular weight is 480 g/mol. The molecule has 0 spiro atoms. The lowest BCUT2D eigenvalue weighted by Gasteiger charge is -2.12. The molecule has 0 saturated carbocycles. The zero-order chi connectivity index (χ0) is 22.1. The predicted octanol–water partition coefficient (Wildman–Crippen LogP) is 6.42. The maximum Gasteiger partial charge on any atom is 0.262 e. The number of fused-ring (bicyclic) bond motifs is 1. The molecular formula is C24H18ClN3O2S2. The monoisotopic (exact) mass is 479 g/mol. The van der Waals surface area contributed by atoms with Crippen molar-refractivity contribution < 1.29 is 4.42 Å². The van der Waals surface area contributed by atoms with Crippen LogP contribution in [0.3, 0.4) is 0 Å². The number of hydrogen-bond acceptors (Lipinski definition) is 6. The molecule has 0 aliphatic carbocycles. The van der Waals surface area contributed by atoms with Crippen LogP contribution in [0.4, 0.5) is 0 Å². The molecule has 0 bridgehead atoms. The van der Waals surface area contributed by atoms with Gasteiger partial charge in [-0.25, -0.2) is 9.97 Å². The van der Waals surface area contributed by atoms with E-state index in [-0.39, 0.29) is 5.56 Å². The van der Waals surface area contributed by atoms with Gasteiger partial charge in [-0.15, -0.1) is 11.3 Å². The van der Waals surface area contributed by atoms with Crippen LogP contribution >= 0.6 is 34.7 Å². The highest BCUT2D eigenvalue weighted by atomic mass is 35.5. The molecular weight excluding hydrogens is 462 g/mol. The summed E-state index contributed by atoms with van der Waals surface area (Å²) in [4.78, 5) is 23.8. The zero-order valence-electron chi connectivity index (χ0n) is 17.1. The van der Waals surface area contributed by atoms with Crippen LogP contribution in [0, 0.1) is 6.92 Å². The van der Waals surface area contributed by atoms with Gasteiger partial charge in [-0.1, -0.05) is 47.6 Å². The molecule has 2 aromatic carbocycles. The molecule has 8 heteroatoms. The molecule has 0 aliphatic rings. The number of rotatable bonds is 6. The summed E-state index contributed by atoms with van der Waals surface area (Å²) in [6.07, 6.45) is 0. The average Bonchev–Trinajstić information content (AvgIpc) is 3.44. The lowest BCUT2D eigenvalue weighted by Crippen LogP contribution is -2.23. The third-order valence-corrected chi connectivity index (χ3v) is 7.11. The smallest absolute Gasteiger partial charge is 0.262 e. The Hall–Kier alpha value is -2.87. The topological polar surface area (TPSA) is 60.9 Å². The minimum absolute atomic E-state index is 0.0389. The summed E-state index contributed by atoms with van der Waals surface area (Å²) in [7, 11) is 0. The molecule has 0 amide bonds. The van der Waals surface area contributed by atoms with Crippen molar-refractivity contribution in [3.05, 3.63) is 97.8 Å². The van der Waals surface area contributed by atoms with Gasteiger partial charge in [0.1, 0.15) is 5.76 Å². The fourth-order valence-electron chi connectivity index (χ4n) is 3.40. The van der Waals surface area contributed by atoms with Gasteiger partial charge in [-0.3, -0.25) is 9.36 Å². The summed E-state index contributed by atoms with van der Waals surface area (Å²) >= 11 is 9.22. The number of thioether (sulfide) groups is 1. The SMILES string of the molecule is Cc1oc(-c2cccc(Cl)c2)nc1CSc1nc2ccccc2c(=O)n1Cc1cccs1. The molecule has 32 heavy (non-hydrogen) atoms. The van der Waals surface area contributed by atoms with Crippen molar-refractivity contribution in [2.24, 2.45) is 0 Å². The summed E-state index contributed by atoms with van der Waals surface area (Å²) < 4.78 is 7.63. The quantitative estimate of drug-likeness (QED) is 0.208. The molecule has 5 aromatic rings. The van der Waals surface area contributed by atoms with Crippen molar-refractivity contribution in [2.45, 2.75) is 24.4 Å². The van der Waals surface area contributed by atoms with Gasteiger partial charge in [-0.2, -0.15) is 0 Å². The highest BCUT2D eigenvalue weighted by molar-refractivity contribution is 7.98. The number of nitrogens with zero attached hydrogens (tertiary/aromatic N) is 3. The first kappa shape index (κ1) is 21.0. The Labute approximate surface area is 197 Å². The maximum absolute atomic E-state index is 13.2. The summed E-state index contributed by atoms with van der Waals surface area (Å²) in [5, 5.41) is 3.92. The molecule has 0 radical (unpaired) electrons. The zero-order valence-corrected chi connectivity index (χ0v) is 19.5. The third-order valence-electron chi connectivity index (χ3n) is 5.02. The maximum atomic E-state index is 13.2. The Morgan fingerprint density at radius 1 is 1.09 bits per heavy atom. The van der Waals surface area contributed by atoms with E-state index in [1.165, 1.54) is 11.8 Å². The van der Waals surface area contributed by atoms with Gasteiger partial charge in [0.05, 0.1) is 23.1 Å². The van der Waals surface area contributed by atoms with Crippen molar-refractivity contribution in [1.82, 2.24) is 14.5 Å². The van der Waals surface area contributed by atoms with E-state index in [1.54, 1.807) is 15.9 Å². The number of thiophene rings is 1. The number of aromatic nitrogens is 3. The molecule has 0 atom stereocenters. The van der Waals surface area contributed by atoms with E-state index in [2.05, 4.69) is 4.98 Å². The molecule has 3 aromatic heterocycles. The van der Waals surface area contributed by atoms with E-state index < -0.39 is 0 Å². The Balaban J connectivity index is 1.48. The fraction of sp³-hybridized carbons (Fsp3) is 0.125. The number of para-hydroxylation sites is 1. The van der Waals surface area contributed by atoms with E-state index in [1.807, 2.05) is 73.0 Å². The first-order valence-electron chi connectivity index (χ1n) is 9.95. The lowest BCUT2D eigenvalue weighted by atomic mass is 10.2. The largest absolute Gasteiger partial charge is 0.441 e. The second kappa shape index (κ2) is 8.94. The predicted molar refractivity (Wildman–Crippen MR) is 131 cm³/mol. The number of hydrogen-bond donors (Lipinski definition) is 0. The fourth-order valence-corrected chi connectivity index (χ4v) is 5.28. The number of halogens is 1. The van der Waals surface area contributed by atoms with E-state index in [0.29, 0.717) is 39.3 Å². The van der Waals surface area contributed by atoms with Gasteiger partial charge >= 0.3 is 0 Å². The first-order valence-corrected chi connectivity index (χ1v) is 12.2. The Morgan fingerprint density at radius 2 is 1.97 bits per heavy atom. The Bertz CT molecular complexity index is 1460. The van der Waals surface area contributed by atoms with Crippen LogP contribution in [0.15, 0.2) is 80.4 Å². The Kier molecular flexibility index (Phi) is 5.87. The van der Waals surface area contributed by atoms with E-state index in [9.17, 15) is 4.79 Å². The van der Waals surface area contributed by atoms with E-state index >= 15 is 0 Å².